The third-order valence-electron chi connectivity index (χ3n) is 3.85. The molecule has 0 atom stereocenters. The first-order valence-corrected chi connectivity index (χ1v) is 9.02. The molecule has 0 saturated carbocycles. The largest absolute Gasteiger partial charge is 0.490 e. The number of benzene rings is 2. The number of nitrogens with zero attached hydrogens (tertiary/aromatic N) is 2. The molecule has 0 aliphatic rings. The maximum Gasteiger partial charge on any atom is 0.263 e. The van der Waals surface area contributed by atoms with Gasteiger partial charge >= 0.3 is 0 Å². The van der Waals surface area contributed by atoms with Crippen molar-refractivity contribution >= 4 is 44.3 Å². The van der Waals surface area contributed by atoms with Crippen LogP contribution >= 0.6 is 27.5 Å². The van der Waals surface area contributed by atoms with E-state index in [1.54, 1.807) is 29.0 Å². The van der Waals surface area contributed by atoms with Crippen LogP contribution in [0.3, 0.4) is 0 Å². The highest BCUT2D eigenvalue weighted by Gasteiger charge is 2.18. The normalized spacial score (nSPS) is 11.2. The zero-order valence-corrected chi connectivity index (χ0v) is 16.3. The highest BCUT2D eigenvalue weighted by atomic mass is 79.9. The molecule has 0 unspecified atom stereocenters. The van der Waals surface area contributed by atoms with Crippen LogP contribution in [0.1, 0.15) is 10.4 Å². The summed E-state index contributed by atoms with van der Waals surface area (Å²) in [7, 11) is 3.98. The molecule has 0 spiro atoms. The number of carbonyl (C=O) groups excluding carboxylic acids is 1. The lowest BCUT2D eigenvalue weighted by Gasteiger charge is -2.10. The molecule has 1 heterocycles. The lowest BCUT2D eigenvalue weighted by Crippen LogP contribution is -2.19. The van der Waals surface area contributed by atoms with E-state index >= 15 is 0 Å². The zero-order valence-electron chi connectivity index (χ0n) is 14.0. The molecule has 0 aliphatic carbocycles. The van der Waals surface area contributed by atoms with Gasteiger partial charge in [-0.1, -0.05) is 23.7 Å². The summed E-state index contributed by atoms with van der Waals surface area (Å²) >= 11 is 9.59. The molecule has 0 fully saturated rings. The Morgan fingerprint density at radius 2 is 2.00 bits per heavy atom. The van der Waals surface area contributed by atoms with E-state index in [1.807, 2.05) is 43.3 Å². The van der Waals surface area contributed by atoms with Gasteiger partial charge in [0.1, 0.15) is 12.4 Å². The third kappa shape index (κ3) is 3.89. The Balaban J connectivity index is 2.04. The highest BCUT2D eigenvalue weighted by molar-refractivity contribution is 9.10. The Morgan fingerprint density at radius 3 is 2.72 bits per heavy atom. The molecule has 130 valence electrons. The summed E-state index contributed by atoms with van der Waals surface area (Å²) in [6.45, 7) is 1.33. The average molecular weight is 422 g/mol. The molecule has 2 aromatic carbocycles. The van der Waals surface area contributed by atoms with Crippen molar-refractivity contribution in [2.45, 2.75) is 0 Å². The highest BCUT2D eigenvalue weighted by Crippen LogP contribution is 2.31. The standard InChI is InChI=1S/C19H18BrClN2O2/c1-22(2)9-10-25-18-12-23(17-11-13(21)7-8-15(17)18)19(24)14-5-3-4-6-16(14)20/h3-8,11-12H,9-10H2,1-2H3. The molecule has 0 aliphatic heterocycles. The fourth-order valence-corrected chi connectivity index (χ4v) is 3.18. The SMILES string of the molecule is CN(C)CCOc1cn(C(=O)c2ccccc2Br)c2cc(Cl)ccc12. The van der Waals surface area contributed by atoms with Gasteiger partial charge in [-0.15, -0.1) is 0 Å². The molecule has 25 heavy (non-hydrogen) atoms. The molecule has 0 bridgehead atoms. The molecule has 6 heteroatoms. The van der Waals surface area contributed by atoms with Crippen LogP contribution in [0.15, 0.2) is 53.1 Å². The van der Waals surface area contributed by atoms with Crippen molar-refractivity contribution in [2.24, 2.45) is 0 Å². The smallest absolute Gasteiger partial charge is 0.263 e. The van der Waals surface area contributed by atoms with Crippen LogP contribution in [-0.4, -0.2) is 42.6 Å². The van der Waals surface area contributed by atoms with E-state index in [2.05, 4.69) is 15.9 Å². The van der Waals surface area contributed by atoms with Crippen molar-refractivity contribution in [3.8, 4) is 5.75 Å². The Labute approximate surface area is 160 Å². The summed E-state index contributed by atoms with van der Waals surface area (Å²) in [5.41, 5.74) is 1.31. The lowest BCUT2D eigenvalue weighted by atomic mass is 10.2. The summed E-state index contributed by atoms with van der Waals surface area (Å²) in [4.78, 5) is 15.1. The van der Waals surface area contributed by atoms with Crippen LogP contribution in [0.25, 0.3) is 10.9 Å². The van der Waals surface area contributed by atoms with Crippen LogP contribution < -0.4 is 4.74 Å². The maximum absolute atomic E-state index is 13.0. The Hall–Kier alpha value is -1.82. The van der Waals surface area contributed by atoms with Crippen LogP contribution in [-0.2, 0) is 0 Å². The van der Waals surface area contributed by atoms with Crippen molar-refractivity contribution < 1.29 is 9.53 Å². The van der Waals surface area contributed by atoms with E-state index in [0.717, 1.165) is 21.9 Å². The fraction of sp³-hybridized carbons (Fsp3) is 0.211. The molecule has 3 rings (SSSR count). The monoisotopic (exact) mass is 420 g/mol. The van der Waals surface area contributed by atoms with Crippen LogP contribution in [0, 0.1) is 0 Å². The molecule has 0 saturated heterocycles. The van der Waals surface area contributed by atoms with E-state index in [0.29, 0.717) is 22.9 Å². The Bertz CT molecular complexity index is 921. The first-order chi connectivity index (χ1) is 12.0. The van der Waals surface area contributed by atoms with Crippen LogP contribution in [0.5, 0.6) is 5.75 Å². The second-order valence-corrected chi connectivity index (χ2v) is 7.25. The molecule has 0 amide bonds. The van der Waals surface area contributed by atoms with Crippen molar-refractivity contribution in [2.75, 3.05) is 27.2 Å². The zero-order chi connectivity index (χ0) is 18.0. The van der Waals surface area contributed by atoms with Gasteiger partial charge in [0.2, 0.25) is 0 Å². The minimum Gasteiger partial charge on any atom is -0.490 e. The number of hydrogen-bond donors (Lipinski definition) is 0. The Morgan fingerprint density at radius 1 is 1.24 bits per heavy atom. The van der Waals surface area contributed by atoms with Crippen LogP contribution in [0.4, 0.5) is 0 Å². The van der Waals surface area contributed by atoms with Crippen LogP contribution in [0.2, 0.25) is 5.02 Å². The molecule has 4 nitrogen and oxygen atoms in total. The summed E-state index contributed by atoms with van der Waals surface area (Å²) in [5, 5.41) is 1.44. The lowest BCUT2D eigenvalue weighted by molar-refractivity contribution is 0.0963. The number of carbonyl (C=O) groups is 1. The van der Waals surface area contributed by atoms with Crippen molar-refractivity contribution in [1.82, 2.24) is 9.47 Å². The maximum atomic E-state index is 13.0. The first kappa shape index (κ1) is 18.0. The van der Waals surface area contributed by atoms with Gasteiger partial charge in [-0.3, -0.25) is 9.36 Å². The summed E-state index contributed by atoms with van der Waals surface area (Å²) < 4.78 is 8.24. The van der Waals surface area contributed by atoms with Crippen molar-refractivity contribution in [3.05, 3.63) is 63.7 Å². The van der Waals surface area contributed by atoms with Gasteiger partial charge < -0.3 is 9.64 Å². The van der Waals surface area contributed by atoms with Gasteiger partial charge in [-0.05, 0) is 60.4 Å². The topological polar surface area (TPSA) is 34.5 Å². The molecule has 3 aromatic rings. The summed E-state index contributed by atoms with van der Waals surface area (Å²) in [6.07, 6.45) is 1.73. The van der Waals surface area contributed by atoms with Gasteiger partial charge in [0.25, 0.3) is 5.91 Å². The first-order valence-electron chi connectivity index (χ1n) is 7.85. The number of aromatic nitrogens is 1. The number of hydrogen-bond acceptors (Lipinski definition) is 3. The molecule has 0 N–H and O–H groups in total. The fourth-order valence-electron chi connectivity index (χ4n) is 2.55. The van der Waals surface area contributed by atoms with Crippen molar-refractivity contribution in [1.29, 1.82) is 0 Å². The number of ether oxygens (including phenoxy) is 1. The van der Waals surface area contributed by atoms with Gasteiger partial charge in [0.05, 0.1) is 17.3 Å². The number of fused-ring (bicyclic) bond motifs is 1. The minimum absolute atomic E-state index is 0.137. The van der Waals surface area contributed by atoms with Crippen molar-refractivity contribution in [3.63, 3.8) is 0 Å². The number of likely N-dealkylation sites (N-methyl/N-ethyl adjacent to an activating group) is 1. The second kappa shape index (κ2) is 7.60. The predicted molar refractivity (Wildman–Crippen MR) is 105 cm³/mol. The van der Waals surface area contributed by atoms with E-state index in [1.165, 1.54) is 0 Å². The number of halogens is 2. The van der Waals surface area contributed by atoms with E-state index in [-0.39, 0.29) is 5.91 Å². The summed E-state index contributed by atoms with van der Waals surface area (Å²) in [5.74, 6) is 0.538. The third-order valence-corrected chi connectivity index (χ3v) is 4.78. The average Bonchev–Trinajstić information content (AvgIpc) is 2.92. The van der Waals surface area contributed by atoms with E-state index in [4.69, 9.17) is 16.3 Å². The molecular formula is C19H18BrClN2O2. The molecular weight excluding hydrogens is 404 g/mol. The van der Waals surface area contributed by atoms with Gasteiger partial charge in [0, 0.05) is 21.4 Å². The number of rotatable bonds is 5. The minimum atomic E-state index is -0.137. The predicted octanol–water partition coefficient (Wildman–Crippen LogP) is 4.69. The van der Waals surface area contributed by atoms with E-state index < -0.39 is 0 Å². The van der Waals surface area contributed by atoms with Gasteiger partial charge in [-0.25, -0.2) is 0 Å². The molecule has 1 aromatic heterocycles. The second-order valence-electron chi connectivity index (χ2n) is 5.96. The van der Waals surface area contributed by atoms with Gasteiger partial charge in [-0.2, -0.15) is 0 Å². The quantitative estimate of drug-likeness (QED) is 0.599. The van der Waals surface area contributed by atoms with Gasteiger partial charge in [0.15, 0.2) is 0 Å². The molecule has 0 radical (unpaired) electrons. The van der Waals surface area contributed by atoms with E-state index in [9.17, 15) is 4.79 Å². The Kier molecular flexibility index (Phi) is 5.47. The summed E-state index contributed by atoms with van der Waals surface area (Å²) in [6, 6.07) is 12.8.